The van der Waals surface area contributed by atoms with Gasteiger partial charge in [0.1, 0.15) is 0 Å². The normalized spacial score (nSPS) is 11.2. The molecule has 0 bridgehead atoms. The van der Waals surface area contributed by atoms with Gasteiger partial charge in [-0.2, -0.15) is 9.97 Å². The van der Waals surface area contributed by atoms with Gasteiger partial charge in [-0.25, -0.2) is 8.42 Å². The maximum atomic E-state index is 11.5. The Morgan fingerprint density at radius 2 is 2.06 bits per heavy atom. The molecule has 0 aliphatic heterocycles. The SMILES string of the molecule is CCNc1nc(OC)nc(N)c1S(C)(=O)=O. The summed E-state index contributed by atoms with van der Waals surface area (Å²) in [7, 11) is -2.10. The summed E-state index contributed by atoms with van der Waals surface area (Å²) in [5.74, 6) is 0.0413. The molecule has 8 heteroatoms. The largest absolute Gasteiger partial charge is 0.467 e. The average Bonchev–Trinajstić information content (AvgIpc) is 2.15. The Hall–Kier alpha value is -1.57. The second-order valence-electron chi connectivity index (χ2n) is 3.08. The predicted molar refractivity (Wildman–Crippen MR) is 60.3 cm³/mol. The molecule has 0 aromatic carbocycles. The van der Waals surface area contributed by atoms with Crippen LogP contribution in [0.4, 0.5) is 11.6 Å². The number of methoxy groups -OCH3 is 1. The standard InChI is InChI=1S/C8H14N4O3S/c1-4-10-7-5(16(3,13)14)6(9)11-8(12-7)15-2/h4H2,1-3H3,(H3,9,10,11,12). The van der Waals surface area contributed by atoms with E-state index >= 15 is 0 Å². The molecule has 90 valence electrons. The van der Waals surface area contributed by atoms with Gasteiger partial charge in [-0.1, -0.05) is 0 Å². The highest BCUT2D eigenvalue weighted by atomic mass is 32.2. The third-order valence-corrected chi connectivity index (χ3v) is 2.91. The van der Waals surface area contributed by atoms with Crippen LogP contribution in [0.25, 0.3) is 0 Å². The minimum atomic E-state index is -3.48. The number of aromatic nitrogens is 2. The molecule has 0 saturated heterocycles. The Morgan fingerprint density at radius 3 is 2.50 bits per heavy atom. The summed E-state index contributed by atoms with van der Waals surface area (Å²) in [4.78, 5) is 7.53. The van der Waals surface area contributed by atoms with Gasteiger partial charge in [0.05, 0.1) is 7.11 Å². The van der Waals surface area contributed by atoms with E-state index in [1.165, 1.54) is 7.11 Å². The van der Waals surface area contributed by atoms with Crippen LogP contribution >= 0.6 is 0 Å². The summed E-state index contributed by atoms with van der Waals surface area (Å²) in [5, 5.41) is 2.81. The molecule has 0 aliphatic rings. The van der Waals surface area contributed by atoms with Crippen molar-refractivity contribution in [3.63, 3.8) is 0 Å². The molecule has 1 heterocycles. The molecule has 0 amide bonds. The third-order valence-electron chi connectivity index (χ3n) is 1.77. The number of nitrogens with two attached hydrogens (primary N) is 1. The van der Waals surface area contributed by atoms with Crippen molar-refractivity contribution in [1.82, 2.24) is 9.97 Å². The van der Waals surface area contributed by atoms with Crippen molar-refractivity contribution in [2.24, 2.45) is 0 Å². The van der Waals surface area contributed by atoms with Crippen LogP contribution in [0.3, 0.4) is 0 Å². The van der Waals surface area contributed by atoms with E-state index in [2.05, 4.69) is 15.3 Å². The summed E-state index contributed by atoms with van der Waals surface area (Å²) in [6, 6.07) is 0.0286. The zero-order chi connectivity index (χ0) is 12.3. The highest BCUT2D eigenvalue weighted by Gasteiger charge is 2.21. The van der Waals surface area contributed by atoms with Crippen molar-refractivity contribution in [1.29, 1.82) is 0 Å². The predicted octanol–water partition coefficient (Wildman–Crippen LogP) is -0.0973. The molecule has 7 nitrogen and oxygen atoms in total. The van der Waals surface area contributed by atoms with Gasteiger partial charge in [0.2, 0.25) is 0 Å². The number of hydrogen-bond acceptors (Lipinski definition) is 7. The maximum absolute atomic E-state index is 11.5. The summed E-state index contributed by atoms with van der Waals surface area (Å²) in [5.41, 5.74) is 5.56. The fourth-order valence-corrected chi connectivity index (χ4v) is 2.09. The topological polar surface area (TPSA) is 107 Å². The summed E-state index contributed by atoms with van der Waals surface area (Å²) in [6.07, 6.45) is 1.05. The molecule has 0 saturated carbocycles. The van der Waals surface area contributed by atoms with Crippen molar-refractivity contribution in [3.05, 3.63) is 0 Å². The smallest absolute Gasteiger partial charge is 0.320 e. The van der Waals surface area contributed by atoms with E-state index in [1.807, 2.05) is 6.92 Å². The number of nitrogens with zero attached hydrogens (tertiary/aromatic N) is 2. The first-order chi connectivity index (χ1) is 7.40. The molecular formula is C8H14N4O3S. The Labute approximate surface area is 94.0 Å². The van der Waals surface area contributed by atoms with E-state index in [0.717, 1.165) is 6.26 Å². The van der Waals surface area contributed by atoms with Crippen molar-refractivity contribution < 1.29 is 13.2 Å². The number of nitrogens with one attached hydrogen (secondary N) is 1. The summed E-state index contributed by atoms with van der Waals surface area (Å²) >= 11 is 0. The van der Waals surface area contributed by atoms with Crippen molar-refractivity contribution in [3.8, 4) is 6.01 Å². The van der Waals surface area contributed by atoms with E-state index in [0.29, 0.717) is 6.54 Å². The minimum absolute atomic E-state index is 0.0286. The molecular weight excluding hydrogens is 232 g/mol. The highest BCUT2D eigenvalue weighted by molar-refractivity contribution is 7.91. The molecule has 16 heavy (non-hydrogen) atoms. The van der Waals surface area contributed by atoms with E-state index in [9.17, 15) is 8.42 Å². The second-order valence-corrected chi connectivity index (χ2v) is 5.03. The molecule has 0 atom stereocenters. The molecule has 1 rings (SSSR count). The number of anilines is 2. The lowest BCUT2D eigenvalue weighted by molar-refractivity contribution is 0.380. The lowest BCUT2D eigenvalue weighted by atomic mass is 10.5. The number of rotatable bonds is 4. The van der Waals surface area contributed by atoms with Crippen LogP contribution < -0.4 is 15.8 Å². The zero-order valence-corrected chi connectivity index (χ0v) is 10.1. The Bertz CT molecular complexity index is 486. The van der Waals surface area contributed by atoms with Crippen molar-refractivity contribution in [2.75, 3.05) is 31.0 Å². The maximum Gasteiger partial charge on any atom is 0.320 e. The van der Waals surface area contributed by atoms with Gasteiger partial charge in [0.25, 0.3) is 0 Å². The number of nitrogen functional groups attached to an aromatic ring is 1. The fourth-order valence-electron chi connectivity index (χ4n) is 1.19. The second kappa shape index (κ2) is 4.52. The molecule has 3 N–H and O–H groups in total. The van der Waals surface area contributed by atoms with Crippen molar-refractivity contribution in [2.45, 2.75) is 11.8 Å². The van der Waals surface area contributed by atoms with E-state index in [4.69, 9.17) is 10.5 Å². The van der Waals surface area contributed by atoms with Gasteiger partial charge in [0, 0.05) is 12.8 Å². The molecule has 0 aliphatic carbocycles. The van der Waals surface area contributed by atoms with Gasteiger partial charge in [-0.05, 0) is 6.92 Å². The van der Waals surface area contributed by atoms with Crippen LogP contribution in [0.15, 0.2) is 4.90 Å². The number of ether oxygens (including phenoxy) is 1. The molecule has 1 aromatic heterocycles. The Balaban J connectivity index is 3.46. The highest BCUT2D eigenvalue weighted by Crippen LogP contribution is 2.26. The molecule has 0 unspecified atom stereocenters. The monoisotopic (exact) mass is 246 g/mol. The molecule has 1 aromatic rings. The lowest BCUT2D eigenvalue weighted by Crippen LogP contribution is -2.13. The number of sulfone groups is 1. The Kier molecular flexibility index (Phi) is 3.53. The first-order valence-electron chi connectivity index (χ1n) is 4.55. The van der Waals surface area contributed by atoms with Crippen LogP contribution in [-0.4, -0.2) is 38.3 Å². The third kappa shape index (κ3) is 2.51. The van der Waals surface area contributed by atoms with Crippen LogP contribution in [0.1, 0.15) is 6.92 Å². The summed E-state index contributed by atoms with van der Waals surface area (Å²) < 4.78 is 27.8. The van der Waals surface area contributed by atoms with E-state index in [1.54, 1.807) is 0 Å². The van der Waals surface area contributed by atoms with Gasteiger partial charge >= 0.3 is 6.01 Å². The van der Waals surface area contributed by atoms with Crippen LogP contribution in [0.2, 0.25) is 0 Å². The molecule has 0 spiro atoms. The fraction of sp³-hybridized carbons (Fsp3) is 0.500. The van der Waals surface area contributed by atoms with Gasteiger partial charge < -0.3 is 15.8 Å². The van der Waals surface area contributed by atoms with E-state index < -0.39 is 9.84 Å². The van der Waals surface area contributed by atoms with E-state index in [-0.39, 0.29) is 22.5 Å². The molecule has 0 fully saturated rings. The van der Waals surface area contributed by atoms with Crippen LogP contribution in [-0.2, 0) is 9.84 Å². The lowest BCUT2D eigenvalue weighted by Gasteiger charge is -2.11. The number of hydrogen-bond donors (Lipinski definition) is 2. The average molecular weight is 246 g/mol. The Morgan fingerprint density at radius 1 is 1.44 bits per heavy atom. The van der Waals surface area contributed by atoms with Gasteiger partial charge in [-0.3, -0.25) is 0 Å². The first kappa shape index (κ1) is 12.5. The van der Waals surface area contributed by atoms with Gasteiger partial charge in [-0.15, -0.1) is 0 Å². The summed E-state index contributed by atoms with van der Waals surface area (Å²) in [6.45, 7) is 2.33. The first-order valence-corrected chi connectivity index (χ1v) is 6.44. The van der Waals surface area contributed by atoms with Crippen LogP contribution in [0, 0.1) is 0 Å². The zero-order valence-electron chi connectivity index (χ0n) is 9.31. The van der Waals surface area contributed by atoms with Crippen molar-refractivity contribution >= 4 is 21.5 Å². The van der Waals surface area contributed by atoms with Crippen LogP contribution in [0.5, 0.6) is 6.01 Å². The molecule has 0 radical (unpaired) electrons. The minimum Gasteiger partial charge on any atom is -0.467 e. The van der Waals surface area contributed by atoms with Gasteiger partial charge in [0.15, 0.2) is 26.4 Å². The quantitative estimate of drug-likeness (QED) is 0.764.